The van der Waals surface area contributed by atoms with Crippen LogP contribution in [-0.4, -0.2) is 11.6 Å². The van der Waals surface area contributed by atoms with Gasteiger partial charge in [0, 0.05) is 22.8 Å². The van der Waals surface area contributed by atoms with Crippen molar-refractivity contribution in [1.82, 2.24) is 0 Å². The Labute approximate surface area is 183 Å². The van der Waals surface area contributed by atoms with Crippen molar-refractivity contribution in [3.63, 3.8) is 0 Å². The van der Waals surface area contributed by atoms with Crippen LogP contribution >= 0.6 is 23.8 Å². The molecular weight excluding hydrogens is 430 g/mol. The third kappa shape index (κ3) is 5.11. The summed E-state index contributed by atoms with van der Waals surface area (Å²) in [6.45, 7) is -1.10. The molecule has 0 amide bonds. The number of nitrogens with zero attached hydrogens (tertiary/aromatic N) is 1. The second kappa shape index (κ2) is 9.65. The summed E-state index contributed by atoms with van der Waals surface area (Å²) < 4.78 is 30.7. The Bertz CT molecular complexity index is 1070. The molecule has 30 heavy (non-hydrogen) atoms. The van der Waals surface area contributed by atoms with E-state index in [1.807, 2.05) is 19.1 Å². The normalized spacial score (nSPS) is 11.8. The van der Waals surface area contributed by atoms with Gasteiger partial charge < -0.3 is 15.2 Å². The van der Waals surface area contributed by atoms with Crippen molar-refractivity contribution >= 4 is 46.0 Å². The summed E-state index contributed by atoms with van der Waals surface area (Å²) in [5.74, 6) is -0.419. The van der Waals surface area contributed by atoms with Gasteiger partial charge in [-0.2, -0.15) is 13.3 Å². The number of hydrogen-bond acceptors (Lipinski definition) is 3. The molecule has 0 spiro atoms. The van der Waals surface area contributed by atoms with Crippen LogP contribution in [-0.2, 0) is 0 Å². The summed E-state index contributed by atoms with van der Waals surface area (Å²) in [7, 11) is 0. The van der Waals surface area contributed by atoms with E-state index in [1.54, 1.807) is 41.2 Å². The molecule has 4 nitrogen and oxygen atoms in total. The van der Waals surface area contributed by atoms with Crippen molar-refractivity contribution in [2.24, 2.45) is 0 Å². The van der Waals surface area contributed by atoms with Crippen LogP contribution < -0.4 is 19.7 Å². The molecule has 3 rings (SSSR count). The number of alkyl halides is 2. The molecule has 8 heteroatoms. The molecule has 0 atom stereocenters. The highest BCUT2D eigenvalue weighted by molar-refractivity contribution is 7.81. The fourth-order valence-electron chi connectivity index (χ4n) is 2.73. The summed E-state index contributed by atoms with van der Waals surface area (Å²) in [6.07, 6.45) is 3.39. The number of benzene rings is 2. The molecule has 0 aliphatic heterocycles. The third-order valence-electron chi connectivity index (χ3n) is 4.26. The van der Waals surface area contributed by atoms with Gasteiger partial charge in [-0.3, -0.25) is 0 Å². The summed E-state index contributed by atoms with van der Waals surface area (Å²) >= 11 is 11.7. The molecule has 3 aromatic rings. The first-order chi connectivity index (χ1) is 14.4. The summed E-state index contributed by atoms with van der Waals surface area (Å²) in [5, 5.41) is 16.9. The molecule has 0 saturated heterocycles. The van der Waals surface area contributed by atoms with Gasteiger partial charge in [-0.05, 0) is 48.1 Å². The second-order valence-corrected chi connectivity index (χ2v) is 7.05. The third-order valence-corrected chi connectivity index (χ3v) is 4.97. The van der Waals surface area contributed by atoms with Crippen LogP contribution in [0.2, 0.25) is 5.02 Å². The van der Waals surface area contributed by atoms with E-state index < -0.39 is 6.61 Å². The lowest BCUT2D eigenvalue weighted by molar-refractivity contribution is -0.577. The van der Waals surface area contributed by atoms with E-state index in [4.69, 9.17) is 23.8 Å². The highest BCUT2D eigenvalue weighted by atomic mass is 35.5. The molecule has 0 radical (unpaired) electrons. The smallest absolute Gasteiger partial charge is 0.387 e. The maximum Gasteiger partial charge on any atom is 0.387 e. The fraction of sp³-hybridized carbons (Fsp3) is 0.0909. The second-order valence-electron chi connectivity index (χ2n) is 6.23. The molecule has 0 bridgehead atoms. The standard InChI is InChI=1S/C22H17ClF2N2O2S/c1-14-17(23)6-5-7-18(14)26-21(30)19(27-12-3-2-4-13-27)20(28)15-8-10-16(11-9-15)29-22(24)25/h2-13,22H,1H3,(H-,26,28,30). The number of aromatic nitrogens is 1. The molecule has 0 aliphatic rings. The number of rotatable bonds is 6. The number of anilines is 1. The van der Waals surface area contributed by atoms with Crippen LogP contribution in [0.4, 0.5) is 14.5 Å². The van der Waals surface area contributed by atoms with Gasteiger partial charge in [0.2, 0.25) is 5.70 Å². The van der Waals surface area contributed by atoms with Gasteiger partial charge in [-0.25, -0.2) is 0 Å². The largest absolute Gasteiger partial charge is 0.867 e. The fourth-order valence-corrected chi connectivity index (χ4v) is 3.22. The van der Waals surface area contributed by atoms with Crippen molar-refractivity contribution in [2.45, 2.75) is 13.5 Å². The lowest BCUT2D eigenvalue weighted by Gasteiger charge is -2.18. The minimum atomic E-state index is -2.94. The van der Waals surface area contributed by atoms with E-state index in [9.17, 15) is 13.9 Å². The van der Waals surface area contributed by atoms with E-state index in [1.165, 1.54) is 24.3 Å². The Morgan fingerprint density at radius 1 is 1.07 bits per heavy atom. The van der Waals surface area contributed by atoms with Gasteiger partial charge in [-0.1, -0.05) is 48.1 Å². The number of hydrogen-bond donors (Lipinski definition) is 1. The highest BCUT2D eigenvalue weighted by Gasteiger charge is 2.19. The Hall–Kier alpha value is -3.03. The molecule has 0 aliphatic carbocycles. The molecule has 0 fully saturated rings. The molecule has 1 N–H and O–H groups in total. The van der Waals surface area contributed by atoms with E-state index in [-0.39, 0.29) is 27.8 Å². The van der Waals surface area contributed by atoms with E-state index >= 15 is 0 Å². The first-order valence-corrected chi connectivity index (χ1v) is 9.65. The van der Waals surface area contributed by atoms with Crippen LogP contribution in [0.25, 0.3) is 11.5 Å². The minimum Gasteiger partial charge on any atom is -0.867 e. The molecule has 0 saturated carbocycles. The number of halogens is 3. The average molecular weight is 447 g/mol. The van der Waals surface area contributed by atoms with Crippen molar-refractivity contribution < 1.29 is 23.2 Å². The first-order valence-electron chi connectivity index (χ1n) is 8.86. The molecule has 154 valence electrons. The van der Waals surface area contributed by atoms with E-state index in [2.05, 4.69) is 10.1 Å². The molecular formula is C22H17ClF2N2O2S. The first kappa shape index (κ1) is 21.7. The quantitative estimate of drug-likeness (QED) is 0.259. The van der Waals surface area contributed by atoms with Crippen molar-refractivity contribution in [3.8, 4) is 5.75 Å². The monoisotopic (exact) mass is 446 g/mol. The lowest BCUT2D eigenvalue weighted by Crippen LogP contribution is -2.39. The number of ether oxygens (including phenoxy) is 1. The van der Waals surface area contributed by atoms with Crippen LogP contribution in [0.3, 0.4) is 0 Å². The molecule has 1 heterocycles. The van der Waals surface area contributed by atoms with Crippen LogP contribution in [0, 0.1) is 6.92 Å². The van der Waals surface area contributed by atoms with Gasteiger partial charge in [0.15, 0.2) is 17.4 Å². The predicted octanol–water partition coefficient (Wildman–Crippen LogP) is 4.66. The Balaban J connectivity index is 2.02. The SMILES string of the molecule is Cc1c(Cl)cccc1NC(=S)/C(=C(\[O-])c1ccc(OC(F)F)cc1)[n+]1ccccc1. The number of nitrogens with one attached hydrogen (secondary N) is 1. The van der Waals surface area contributed by atoms with Crippen molar-refractivity contribution in [2.75, 3.05) is 5.32 Å². The number of pyridine rings is 1. The molecule has 2 aromatic carbocycles. The predicted molar refractivity (Wildman–Crippen MR) is 115 cm³/mol. The topological polar surface area (TPSA) is 48.2 Å². The average Bonchev–Trinajstić information content (AvgIpc) is 2.72. The zero-order chi connectivity index (χ0) is 21.7. The zero-order valence-electron chi connectivity index (χ0n) is 15.8. The van der Waals surface area contributed by atoms with E-state index in [0.717, 1.165) is 5.56 Å². The highest BCUT2D eigenvalue weighted by Crippen LogP contribution is 2.25. The Morgan fingerprint density at radius 2 is 1.73 bits per heavy atom. The maximum absolute atomic E-state index is 13.3. The zero-order valence-corrected chi connectivity index (χ0v) is 17.4. The Kier molecular flexibility index (Phi) is 6.97. The lowest BCUT2D eigenvalue weighted by atomic mass is 10.1. The van der Waals surface area contributed by atoms with Crippen LogP contribution in [0.5, 0.6) is 5.75 Å². The van der Waals surface area contributed by atoms with Crippen LogP contribution in [0.15, 0.2) is 73.1 Å². The number of thiocarbonyl (C=S) groups is 1. The van der Waals surface area contributed by atoms with Gasteiger partial charge in [-0.15, -0.1) is 0 Å². The summed E-state index contributed by atoms with van der Waals surface area (Å²) in [4.78, 5) is 0.189. The minimum absolute atomic E-state index is 0.0364. The maximum atomic E-state index is 13.3. The summed E-state index contributed by atoms with van der Waals surface area (Å²) in [5.41, 5.74) is 1.94. The van der Waals surface area contributed by atoms with Crippen LogP contribution in [0.1, 0.15) is 11.1 Å². The molecule has 0 unspecified atom stereocenters. The molecule has 1 aromatic heterocycles. The van der Waals surface area contributed by atoms with Gasteiger partial charge >= 0.3 is 6.61 Å². The van der Waals surface area contributed by atoms with E-state index in [0.29, 0.717) is 10.7 Å². The van der Waals surface area contributed by atoms with Gasteiger partial charge in [0.1, 0.15) is 5.75 Å². The van der Waals surface area contributed by atoms with Gasteiger partial charge in [0.25, 0.3) is 0 Å². The van der Waals surface area contributed by atoms with Gasteiger partial charge in [0.05, 0.1) is 0 Å². The Morgan fingerprint density at radius 3 is 2.37 bits per heavy atom. The van der Waals surface area contributed by atoms with Crippen molar-refractivity contribution in [1.29, 1.82) is 0 Å². The van der Waals surface area contributed by atoms with Crippen molar-refractivity contribution in [3.05, 3.63) is 89.2 Å². The summed E-state index contributed by atoms with van der Waals surface area (Å²) in [6, 6.07) is 16.1.